The van der Waals surface area contributed by atoms with Gasteiger partial charge in [-0.25, -0.2) is 9.18 Å². The van der Waals surface area contributed by atoms with Crippen molar-refractivity contribution in [2.24, 2.45) is 0 Å². The second-order valence-electron chi connectivity index (χ2n) is 4.88. The molecular weight excluding hydrogens is 289 g/mol. The van der Waals surface area contributed by atoms with Crippen LogP contribution >= 0.6 is 11.3 Å². The molecule has 0 atom stereocenters. The van der Waals surface area contributed by atoms with Crippen LogP contribution in [0.15, 0.2) is 35.7 Å². The van der Waals surface area contributed by atoms with Gasteiger partial charge in [0.2, 0.25) is 0 Å². The number of carbonyl (C=O) groups is 1. The molecule has 0 unspecified atom stereocenters. The molecule has 1 aromatic heterocycles. The average Bonchev–Trinajstić information content (AvgIpc) is 2.92. The molecule has 0 spiro atoms. The highest BCUT2D eigenvalue weighted by Crippen LogP contribution is 2.31. The predicted octanol–water partition coefficient (Wildman–Crippen LogP) is 3.55. The first-order valence-corrected chi connectivity index (χ1v) is 7.53. The van der Waals surface area contributed by atoms with Gasteiger partial charge < -0.3 is 10.0 Å². The van der Waals surface area contributed by atoms with Crippen LogP contribution in [-0.4, -0.2) is 17.6 Å². The highest BCUT2D eigenvalue weighted by Gasteiger charge is 2.20. The summed E-state index contributed by atoms with van der Waals surface area (Å²) in [5.41, 5.74) is 2.34. The number of nitrogens with zero attached hydrogens (tertiary/aromatic N) is 1. The van der Waals surface area contributed by atoms with E-state index in [0.717, 1.165) is 31.3 Å². The molecular formula is C16H14FNO2S. The molecule has 0 saturated heterocycles. The Balaban J connectivity index is 1.96. The van der Waals surface area contributed by atoms with Crippen LogP contribution < -0.4 is 4.90 Å². The summed E-state index contributed by atoms with van der Waals surface area (Å²) in [6.45, 7) is 1.54. The molecule has 1 aliphatic rings. The Morgan fingerprint density at radius 2 is 2.24 bits per heavy atom. The maximum atomic E-state index is 14.0. The SMILES string of the molecule is O=C(O)/C=C/c1c(F)cccc1N1CCc2sccc2C1. The lowest BCUT2D eigenvalue weighted by atomic mass is 10.1. The van der Waals surface area contributed by atoms with Crippen molar-refractivity contribution in [3.8, 4) is 0 Å². The Labute approximate surface area is 126 Å². The van der Waals surface area contributed by atoms with E-state index in [9.17, 15) is 9.18 Å². The van der Waals surface area contributed by atoms with Crippen molar-refractivity contribution >= 4 is 29.1 Å². The molecule has 5 heteroatoms. The lowest BCUT2D eigenvalue weighted by molar-refractivity contribution is -0.131. The summed E-state index contributed by atoms with van der Waals surface area (Å²) in [6, 6.07) is 6.94. The van der Waals surface area contributed by atoms with E-state index in [2.05, 4.69) is 16.3 Å². The number of hydrogen-bond donors (Lipinski definition) is 1. The number of carboxylic acids is 1. The van der Waals surface area contributed by atoms with Crippen LogP contribution in [-0.2, 0) is 17.8 Å². The van der Waals surface area contributed by atoms with E-state index in [1.54, 1.807) is 17.4 Å². The monoisotopic (exact) mass is 303 g/mol. The normalized spacial score (nSPS) is 14.4. The fourth-order valence-electron chi connectivity index (χ4n) is 2.58. The van der Waals surface area contributed by atoms with Crippen LogP contribution in [0.3, 0.4) is 0 Å². The van der Waals surface area contributed by atoms with Crippen molar-refractivity contribution < 1.29 is 14.3 Å². The standard InChI is InChI=1S/C16H14FNO2S/c17-13-2-1-3-14(12(13)4-5-16(19)20)18-8-6-15-11(10-18)7-9-21-15/h1-5,7,9H,6,8,10H2,(H,19,20)/b5-4+. The van der Waals surface area contributed by atoms with Crippen molar-refractivity contribution in [2.75, 3.05) is 11.4 Å². The van der Waals surface area contributed by atoms with Crippen LogP contribution in [0.2, 0.25) is 0 Å². The molecule has 0 saturated carbocycles. The molecule has 0 amide bonds. The third-order valence-electron chi connectivity index (χ3n) is 3.57. The van der Waals surface area contributed by atoms with Crippen LogP contribution in [0.4, 0.5) is 10.1 Å². The van der Waals surface area contributed by atoms with Gasteiger partial charge in [0.05, 0.1) is 0 Å². The second-order valence-corrected chi connectivity index (χ2v) is 5.89. The van der Waals surface area contributed by atoms with E-state index in [4.69, 9.17) is 5.11 Å². The van der Waals surface area contributed by atoms with Crippen molar-refractivity contribution in [3.63, 3.8) is 0 Å². The number of benzene rings is 1. The van der Waals surface area contributed by atoms with E-state index < -0.39 is 11.8 Å². The van der Waals surface area contributed by atoms with E-state index in [-0.39, 0.29) is 0 Å². The van der Waals surface area contributed by atoms with Crippen molar-refractivity contribution in [1.29, 1.82) is 0 Å². The molecule has 21 heavy (non-hydrogen) atoms. The molecule has 0 fully saturated rings. The Morgan fingerprint density at radius 1 is 1.38 bits per heavy atom. The van der Waals surface area contributed by atoms with Crippen molar-refractivity contribution in [3.05, 3.63) is 57.5 Å². The van der Waals surface area contributed by atoms with Crippen molar-refractivity contribution in [1.82, 2.24) is 0 Å². The highest BCUT2D eigenvalue weighted by molar-refractivity contribution is 7.10. The van der Waals surface area contributed by atoms with Crippen LogP contribution in [0.1, 0.15) is 16.0 Å². The molecule has 1 N–H and O–H groups in total. The largest absolute Gasteiger partial charge is 0.478 e. The maximum absolute atomic E-state index is 14.0. The molecule has 0 aliphatic carbocycles. The van der Waals surface area contributed by atoms with Crippen LogP contribution in [0.25, 0.3) is 6.08 Å². The van der Waals surface area contributed by atoms with E-state index in [1.807, 2.05) is 6.07 Å². The van der Waals surface area contributed by atoms with Gasteiger partial charge >= 0.3 is 5.97 Å². The first kappa shape index (κ1) is 13.8. The highest BCUT2D eigenvalue weighted by atomic mass is 32.1. The predicted molar refractivity (Wildman–Crippen MR) is 82.1 cm³/mol. The number of thiophene rings is 1. The summed E-state index contributed by atoms with van der Waals surface area (Å²) in [7, 11) is 0. The van der Waals surface area contributed by atoms with Crippen LogP contribution in [0, 0.1) is 5.82 Å². The Hall–Kier alpha value is -2.14. The van der Waals surface area contributed by atoms with Gasteiger partial charge in [-0.15, -0.1) is 11.3 Å². The first-order valence-electron chi connectivity index (χ1n) is 6.65. The summed E-state index contributed by atoms with van der Waals surface area (Å²) in [4.78, 5) is 14.2. The lowest BCUT2D eigenvalue weighted by Crippen LogP contribution is -2.30. The third-order valence-corrected chi connectivity index (χ3v) is 4.59. The molecule has 108 valence electrons. The van der Waals surface area contributed by atoms with Gasteiger partial charge in [0.1, 0.15) is 5.82 Å². The van der Waals surface area contributed by atoms with Gasteiger partial charge in [0.15, 0.2) is 0 Å². The maximum Gasteiger partial charge on any atom is 0.328 e. The fourth-order valence-corrected chi connectivity index (χ4v) is 3.46. The molecule has 2 aromatic rings. The lowest BCUT2D eigenvalue weighted by Gasteiger charge is -2.30. The zero-order valence-corrected chi connectivity index (χ0v) is 12.1. The quantitative estimate of drug-likeness (QED) is 0.882. The van der Waals surface area contributed by atoms with E-state index in [0.29, 0.717) is 5.56 Å². The summed E-state index contributed by atoms with van der Waals surface area (Å²) < 4.78 is 14.0. The fraction of sp³-hybridized carbons (Fsp3) is 0.188. The second kappa shape index (κ2) is 5.69. The number of hydrogen-bond acceptors (Lipinski definition) is 3. The third kappa shape index (κ3) is 2.83. The van der Waals surface area contributed by atoms with E-state index >= 15 is 0 Å². The van der Waals surface area contributed by atoms with Crippen molar-refractivity contribution in [2.45, 2.75) is 13.0 Å². The zero-order chi connectivity index (χ0) is 14.8. The van der Waals surface area contributed by atoms with Gasteiger partial charge in [-0.3, -0.25) is 0 Å². The minimum Gasteiger partial charge on any atom is -0.478 e. The summed E-state index contributed by atoms with van der Waals surface area (Å²) >= 11 is 1.75. The average molecular weight is 303 g/mol. The molecule has 1 aliphatic heterocycles. The summed E-state index contributed by atoms with van der Waals surface area (Å²) in [5, 5.41) is 10.8. The number of rotatable bonds is 3. The minimum atomic E-state index is -1.08. The first-order chi connectivity index (χ1) is 10.1. The molecule has 0 radical (unpaired) electrons. The number of fused-ring (bicyclic) bond motifs is 1. The van der Waals surface area contributed by atoms with Gasteiger partial charge in [0.25, 0.3) is 0 Å². The molecule has 1 aromatic carbocycles. The smallest absolute Gasteiger partial charge is 0.328 e. The topological polar surface area (TPSA) is 40.5 Å². The number of anilines is 1. The Bertz CT molecular complexity index is 708. The molecule has 3 nitrogen and oxygen atoms in total. The van der Waals surface area contributed by atoms with Gasteiger partial charge in [0, 0.05) is 35.3 Å². The van der Waals surface area contributed by atoms with Gasteiger partial charge in [-0.05, 0) is 41.6 Å². The van der Waals surface area contributed by atoms with E-state index in [1.165, 1.54) is 22.6 Å². The molecule has 3 rings (SSSR count). The van der Waals surface area contributed by atoms with Gasteiger partial charge in [-0.2, -0.15) is 0 Å². The van der Waals surface area contributed by atoms with Gasteiger partial charge in [-0.1, -0.05) is 6.07 Å². The zero-order valence-electron chi connectivity index (χ0n) is 11.3. The minimum absolute atomic E-state index is 0.332. The summed E-state index contributed by atoms with van der Waals surface area (Å²) in [5.74, 6) is -1.48. The molecule has 2 heterocycles. The Morgan fingerprint density at radius 3 is 3.05 bits per heavy atom. The Kier molecular flexibility index (Phi) is 3.75. The summed E-state index contributed by atoms with van der Waals surface area (Å²) in [6.07, 6.45) is 3.24. The molecule has 0 bridgehead atoms. The number of aliphatic carboxylic acids is 1. The number of carboxylic acid groups (broad SMARTS) is 1. The number of halogens is 1. The van der Waals surface area contributed by atoms with Crippen LogP contribution in [0.5, 0.6) is 0 Å².